The van der Waals surface area contributed by atoms with Crippen LogP contribution in [0.3, 0.4) is 0 Å². The number of carbonyl (C=O) groups is 1. The molecule has 0 aliphatic rings. The van der Waals surface area contributed by atoms with Crippen LogP contribution in [0.2, 0.25) is 0 Å². The van der Waals surface area contributed by atoms with Gasteiger partial charge in [0.2, 0.25) is 11.6 Å². The average molecular weight is 307 g/mol. The Kier molecular flexibility index (Phi) is 3.57. The lowest BCUT2D eigenvalue weighted by molar-refractivity contribution is -0.113. The Balaban J connectivity index is 2.09. The van der Waals surface area contributed by atoms with E-state index < -0.39 is 11.7 Å². The zero-order valence-corrected chi connectivity index (χ0v) is 11.7. The number of nitrogens with two attached hydrogens (primary N) is 1. The molecule has 0 fully saturated rings. The lowest BCUT2D eigenvalue weighted by atomic mass is 10.1. The summed E-state index contributed by atoms with van der Waals surface area (Å²) in [6, 6.07) is 4.25. The van der Waals surface area contributed by atoms with Crippen molar-refractivity contribution in [2.24, 2.45) is 5.73 Å². The van der Waals surface area contributed by atoms with Crippen LogP contribution < -0.4 is 5.73 Å². The number of H-pyrrole nitrogens is 1. The van der Waals surface area contributed by atoms with Crippen LogP contribution in [0.15, 0.2) is 36.7 Å². The minimum atomic E-state index is -0.609. The number of fused-ring (bicyclic) bond motifs is 1. The molecule has 112 valence electrons. The largest absolute Gasteiger partial charge is 0.366 e. The smallest absolute Gasteiger partial charge is 0.241 e. The zero-order valence-electron chi connectivity index (χ0n) is 11.7. The van der Waals surface area contributed by atoms with Crippen LogP contribution in [0.4, 0.5) is 10.1 Å². The van der Waals surface area contributed by atoms with Crippen molar-refractivity contribution in [3.8, 4) is 11.3 Å². The molecule has 0 aliphatic carbocycles. The zero-order chi connectivity index (χ0) is 16.4. The molecule has 0 atom stereocenters. The van der Waals surface area contributed by atoms with E-state index in [2.05, 4.69) is 19.8 Å². The first-order valence-electron chi connectivity index (χ1n) is 6.57. The SMILES string of the molecule is [C-]#[N+]c1ccc(-c2cnc3[nH]cc(/C=C/C(N)=O)c3n2)cc1F. The quantitative estimate of drug-likeness (QED) is 0.576. The lowest BCUT2D eigenvalue weighted by Gasteiger charge is -2.02. The number of nitrogens with zero attached hydrogens (tertiary/aromatic N) is 3. The van der Waals surface area contributed by atoms with E-state index in [4.69, 9.17) is 12.3 Å². The average Bonchev–Trinajstić information content (AvgIpc) is 2.95. The van der Waals surface area contributed by atoms with Gasteiger partial charge < -0.3 is 10.7 Å². The number of primary amides is 1. The highest BCUT2D eigenvalue weighted by Crippen LogP contribution is 2.26. The van der Waals surface area contributed by atoms with Gasteiger partial charge in [0.25, 0.3) is 0 Å². The topological polar surface area (TPSA) is 89.0 Å². The van der Waals surface area contributed by atoms with Crippen molar-refractivity contribution < 1.29 is 9.18 Å². The van der Waals surface area contributed by atoms with Crippen LogP contribution in [-0.4, -0.2) is 20.9 Å². The Morgan fingerprint density at radius 3 is 2.96 bits per heavy atom. The Morgan fingerprint density at radius 1 is 1.43 bits per heavy atom. The molecule has 0 spiro atoms. The minimum Gasteiger partial charge on any atom is -0.366 e. The van der Waals surface area contributed by atoms with E-state index in [-0.39, 0.29) is 5.69 Å². The van der Waals surface area contributed by atoms with Crippen LogP contribution in [-0.2, 0) is 4.79 Å². The van der Waals surface area contributed by atoms with Gasteiger partial charge in [-0.05, 0) is 12.1 Å². The highest BCUT2D eigenvalue weighted by molar-refractivity contribution is 5.93. The van der Waals surface area contributed by atoms with Crippen LogP contribution in [0.1, 0.15) is 5.56 Å². The summed E-state index contributed by atoms with van der Waals surface area (Å²) in [6.07, 6.45) is 5.91. The van der Waals surface area contributed by atoms with Gasteiger partial charge >= 0.3 is 0 Å². The van der Waals surface area contributed by atoms with Gasteiger partial charge in [-0.2, -0.15) is 0 Å². The lowest BCUT2D eigenvalue weighted by Crippen LogP contribution is -2.05. The number of aromatic nitrogens is 3. The summed E-state index contributed by atoms with van der Waals surface area (Å²) in [4.78, 5) is 25.5. The van der Waals surface area contributed by atoms with Gasteiger partial charge in [-0.25, -0.2) is 19.2 Å². The van der Waals surface area contributed by atoms with Gasteiger partial charge in [0.05, 0.1) is 18.5 Å². The predicted octanol–water partition coefficient (Wildman–Crippen LogP) is 2.81. The van der Waals surface area contributed by atoms with Crippen LogP contribution in [0, 0.1) is 12.4 Å². The summed E-state index contributed by atoms with van der Waals surface area (Å²) in [7, 11) is 0. The second-order valence-corrected chi connectivity index (χ2v) is 4.71. The highest BCUT2D eigenvalue weighted by atomic mass is 19.1. The number of benzene rings is 1. The third-order valence-corrected chi connectivity index (χ3v) is 3.20. The molecule has 2 aromatic heterocycles. The molecule has 0 aliphatic heterocycles. The van der Waals surface area contributed by atoms with Crippen LogP contribution in [0.25, 0.3) is 33.3 Å². The van der Waals surface area contributed by atoms with Crippen molar-refractivity contribution >= 4 is 28.8 Å². The summed E-state index contributed by atoms with van der Waals surface area (Å²) < 4.78 is 13.7. The molecule has 0 saturated carbocycles. The normalized spacial score (nSPS) is 11.0. The van der Waals surface area contributed by atoms with Crippen molar-refractivity contribution in [3.63, 3.8) is 0 Å². The fourth-order valence-corrected chi connectivity index (χ4v) is 2.11. The molecular weight excluding hydrogens is 297 g/mol. The molecule has 1 aromatic carbocycles. The number of rotatable bonds is 3. The van der Waals surface area contributed by atoms with Crippen LogP contribution >= 0.6 is 0 Å². The monoisotopic (exact) mass is 307 g/mol. The number of hydrogen-bond donors (Lipinski definition) is 2. The molecule has 0 saturated heterocycles. The Morgan fingerprint density at radius 2 is 2.26 bits per heavy atom. The molecule has 3 N–H and O–H groups in total. The summed E-state index contributed by atoms with van der Waals surface area (Å²) in [6.45, 7) is 6.86. The van der Waals surface area contributed by atoms with E-state index in [0.29, 0.717) is 28.0 Å². The van der Waals surface area contributed by atoms with Gasteiger partial charge in [0.1, 0.15) is 11.3 Å². The fraction of sp³-hybridized carbons (Fsp3) is 0. The highest BCUT2D eigenvalue weighted by Gasteiger charge is 2.10. The molecule has 23 heavy (non-hydrogen) atoms. The Labute approximate surface area is 130 Å². The molecule has 2 heterocycles. The standard InChI is InChI=1S/C16H10FN5O/c1-19-12-4-2-9(6-11(12)17)13-8-21-16-15(22-13)10(7-20-16)3-5-14(18)23/h2-8H,(H2,18,23)(H,20,21)/b5-3+. The van der Waals surface area contributed by atoms with Gasteiger partial charge in [0.15, 0.2) is 5.65 Å². The molecule has 0 bridgehead atoms. The first-order chi connectivity index (χ1) is 11.1. The molecule has 6 nitrogen and oxygen atoms in total. The van der Waals surface area contributed by atoms with E-state index >= 15 is 0 Å². The van der Waals surface area contributed by atoms with Crippen molar-refractivity contribution in [1.29, 1.82) is 0 Å². The summed E-state index contributed by atoms with van der Waals surface area (Å²) in [5.74, 6) is -1.18. The third-order valence-electron chi connectivity index (χ3n) is 3.20. The number of carbonyl (C=O) groups excluding carboxylic acids is 1. The van der Waals surface area contributed by atoms with E-state index in [0.717, 1.165) is 0 Å². The maximum Gasteiger partial charge on any atom is 0.241 e. The third kappa shape index (κ3) is 2.78. The molecule has 7 heteroatoms. The maximum absolute atomic E-state index is 13.7. The van der Waals surface area contributed by atoms with Gasteiger partial charge in [0, 0.05) is 23.4 Å². The van der Waals surface area contributed by atoms with Crippen molar-refractivity contribution in [2.45, 2.75) is 0 Å². The number of aromatic amines is 1. The number of amides is 1. The maximum atomic E-state index is 13.7. The van der Waals surface area contributed by atoms with Gasteiger partial charge in [-0.1, -0.05) is 12.1 Å². The molecule has 1 amide bonds. The fourth-order valence-electron chi connectivity index (χ4n) is 2.11. The van der Waals surface area contributed by atoms with E-state index in [1.54, 1.807) is 12.3 Å². The number of halogens is 1. The second kappa shape index (κ2) is 5.69. The van der Waals surface area contributed by atoms with E-state index in [1.165, 1.54) is 30.5 Å². The van der Waals surface area contributed by atoms with E-state index in [9.17, 15) is 9.18 Å². The van der Waals surface area contributed by atoms with Crippen LogP contribution in [0.5, 0.6) is 0 Å². The Hall–Kier alpha value is -3.53. The summed E-state index contributed by atoms with van der Waals surface area (Å²) in [5, 5.41) is 0. The van der Waals surface area contributed by atoms with Crippen molar-refractivity contribution in [1.82, 2.24) is 15.0 Å². The summed E-state index contributed by atoms with van der Waals surface area (Å²) in [5.41, 5.74) is 7.72. The molecule has 0 radical (unpaired) electrons. The number of nitrogens with one attached hydrogen (secondary N) is 1. The predicted molar refractivity (Wildman–Crippen MR) is 83.8 cm³/mol. The molecule has 3 rings (SSSR count). The molecule has 3 aromatic rings. The second-order valence-electron chi connectivity index (χ2n) is 4.71. The van der Waals surface area contributed by atoms with Crippen molar-refractivity contribution in [3.05, 3.63) is 59.5 Å². The van der Waals surface area contributed by atoms with E-state index in [1.807, 2.05) is 0 Å². The minimum absolute atomic E-state index is 0.0467. The van der Waals surface area contributed by atoms with Gasteiger partial charge in [-0.15, -0.1) is 0 Å². The summed E-state index contributed by atoms with van der Waals surface area (Å²) >= 11 is 0. The first-order valence-corrected chi connectivity index (χ1v) is 6.57. The Bertz CT molecular complexity index is 984. The molecular formula is C16H10FN5O. The first kappa shape index (κ1) is 14.4. The number of hydrogen-bond acceptors (Lipinski definition) is 3. The van der Waals surface area contributed by atoms with Gasteiger partial charge in [-0.3, -0.25) is 4.79 Å². The molecule has 0 unspecified atom stereocenters. The van der Waals surface area contributed by atoms with Crippen molar-refractivity contribution in [2.75, 3.05) is 0 Å².